The highest BCUT2D eigenvalue weighted by Crippen LogP contribution is 2.41. The molecule has 0 saturated carbocycles. The Morgan fingerprint density at radius 3 is 2.50 bits per heavy atom. The molecule has 1 atom stereocenters. The van der Waals surface area contributed by atoms with Crippen molar-refractivity contribution in [2.45, 2.75) is 38.3 Å². The fourth-order valence-corrected chi connectivity index (χ4v) is 5.52. The van der Waals surface area contributed by atoms with E-state index >= 15 is 0 Å². The molecule has 0 radical (unpaired) electrons. The molecule has 4 rings (SSSR count). The number of hydrogen-bond donors (Lipinski definition) is 1. The van der Waals surface area contributed by atoms with Crippen LogP contribution in [-0.2, 0) is 11.3 Å². The number of ether oxygens (including phenoxy) is 1. The zero-order valence-electron chi connectivity index (χ0n) is 19.8. The van der Waals surface area contributed by atoms with Crippen molar-refractivity contribution in [3.8, 4) is 5.75 Å². The maximum Gasteiger partial charge on any atom is 0.228 e. The molecule has 1 amide bonds. The number of nitrogens with zero attached hydrogens (tertiary/aromatic N) is 4. The molecule has 3 fully saturated rings. The minimum atomic E-state index is -0.399. The Kier molecular flexibility index (Phi) is 7.71. The van der Waals surface area contributed by atoms with Crippen LogP contribution in [0.25, 0.3) is 0 Å². The first-order valence-corrected chi connectivity index (χ1v) is 12.2. The van der Waals surface area contributed by atoms with Crippen LogP contribution in [0.2, 0.25) is 0 Å². The maximum absolute atomic E-state index is 12.8. The van der Waals surface area contributed by atoms with E-state index in [1.807, 2.05) is 13.1 Å². The lowest BCUT2D eigenvalue weighted by Crippen LogP contribution is -2.56. The van der Waals surface area contributed by atoms with E-state index in [0.29, 0.717) is 13.0 Å². The van der Waals surface area contributed by atoms with Gasteiger partial charge in [0.1, 0.15) is 5.75 Å². The highest BCUT2D eigenvalue weighted by atomic mass is 16.5. The SMILES string of the molecule is CN1CCN(CCCOc2ccccc2CN2CCC3(CC2)CC(O)CN(C)C3=O)CC1. The molecule has 3 aliphatic heterocycles. The maximum atomic E-state index is 12.8. The second kappa shape index (κ2) is 10.5. The van der Waals surface area contributed by atoms with Gasteiger partial charge in [0.25, 0.3) is 0 Å². The van der Waals surface area contributed by atoms with Gasteiger partial charge in [-0.3, -0.25) is 9.69 Å². The van der Waals surface area contributed by atoms with E-state index in [-0.39, 0.29) is 11.3 Å². The van der Waals surface area contributed by atoms with Crippen molar-refractivity contribution in [3.63, 3.8) is 0 Å². The van der Waals surface area contributed by atoms with Gasteiger partial charge in [-0.25, -0.2) is 0 Å². The highest BCUT2D eigenvalue weighted by Gasteiger charge is 2.47. The molecular formula is C25H40N4O3. The van der Waals surface area contributed by atoms with Crippen molar-refractivity contribution in [1.82, 2.24) is 19.6 Å². The van der Waals surface area contributed by atoms with Crippen LogP contribution in [-0.4, -0.2) is 110 Å². The van der Waals surface area contributed by atoms with Crippen LogP contribution in [0, 0.1) is 5.41 Å². The Bertz CT molecular complexity index is 757. The van der Waals surface area contributed by atoms with Gasteiger partial charge in [0, 0.05) is 58.4 Å². The fraction of sp³-hybridized carbons (Fsp3) is 0.720. The summed E-state index contributed by atoms with van der Waals surface area (Å²) in [6.45, 7) is 9.51. The van der Waals surface area contributed by atoms with E-state index in [2.05, 4.69) is 39.9 Å². The van der Waals surface area contributed by atoms with Crippen LogP contribution in [0.4, 0.5) is 0 Å². The molecular weight excluding hydrogens is 404 g/mol. The third-order valence-corrected chi connectivity index (χ3v) is 7.56. The standard InChI is InChI=1S/C25H40N4O3/c1-26-13-15-28(16-14-26)10-5-17-32-23-7-4-3-6-21(23)19-29-11-8-25(9-12-29)18-22(30)20-27(2)24(25)31/h3-4,6-7,22,30H,5,8-20H2,1-2H3. The first-order chi connectivity index (χ1) is 15.4. The van der Waals surface area contributed by atoms with E-state index < -0.39 is 6.10 Å². The number of aliphatic hydroxyl groups is 1. The van der Waals surface area contributed by atoms with Gasteiger partial charge >= 0.3 is 0 Å². The monoisotopic (exact) mass is 444 g/mol. The lowest BCUT2D eigenvalue weighted by atomic mass is 9.71. The molecule has 0 aliphatic carbocycles. The second-order valence-electron chi connectivity index (χ2n) is 10.1. The number of hydrogen-bond acceptors (Lipinski definition) is 6. The number of rotatable bonds is 7. The van der Waals surface area contributed by atoms with Crippen LogP contribution in [0.1, 0.15) is 31.2 Å². The van der Waals surface area contributed by atoms with Gasteiger partial charge in [-0.05, 0) is 51.9 Å². The molecule has 7 heteroatoms. The lowest BCUT2D eigenvalue weighted by Gasteiger charge is -2.47. The smallest absolute Gasteiger partial charge is 0.228 e. The Balaban J connectivity index is 1.25. The molecule has 178 valence electrons. The molecule has 3 heterocycles. The van der Waals surface area contributed by atoms with Gasteiger partial charge < -0.3 is 24.5 Å². The predicted molar refractivity (Wildman–Crippen MR) is 126 cm³/mol. The zero-order valence-corrected chi connectivity index (χ0v) is 19.8. The number of likely N-dealkylation sites (tertiary alicyclic amines) is 2. The molecule has 3 saturated heterocycles. The van der Waals surface area contributed by atoms with Crippen molar-refractivity contribution in [3.05, 3.63) is 29.8 Å². The highest BCUT2D eigenvalue weighted by molar-refractivity contribution is 5.83. The number of carbonyl (C=O) groups is 1. The van der Waals surface area contributed by atoms with Crippen LogP contribution in [0.15, 0.2) is 24.3 Å². The van der Waals surface area contributed by atoms with Crippen LogP contribution in [0.5, 0.6) is 5.75 Å². The molecule has 1 unspecified atom stereocenters. The first-order valence-electron chi connectivity index (χ1n) is 12.2. The molecule has 0 aromatic heterocycles. The molecule has 32 heavy (non-hydrogen) atoms. The number of likely N-dealkylation sites (N-methyl/N-ethyl adjacent to an activating group) is 2. The van der Waals surface area contributed by atoms with Crippen molar-refractivity contribution in [2.75, 3.05) is 73.1 Å². The van der Waals surface area contributed by atoms with Gasteiger partial charge in [0.15, 0.2) is 0 Å². The molecule has 1 N–H and O–H groups in total. The second-order valence-corrected chi connectivity index (χ2v) is 10.1. The number of aliphatic hydroxyl groups excluding tert-OH is 1. The Morgan fingerprint density at radius 2 is 1.75 bits per heavy atom. The van der Waals surface area contributed by atoms with E-state index in [1.165, 1.54) is 5.56 Å². The van der Waals surface area contributed by atoms with Crippen LogP contribution < -0.4 is 4.74 Å². The minimum absolute atomic E-state index is 0.214. The average Bonchev–Trinajstić information content (AvgIpc) is 2.79. The molecule has 1 aromatic rings. The van der Waals surface area contributed by atoms with Crippen LogP contribution >= 0.6 is 0 Å². The van der Waals surface area contributed by atoms with Crippen molar-refractivity contribution >= 4 is 5.91 Å². The summed E-state index contributed by atoms with van der Waals surface area (Å²) >= 11 is 0. The number of β-amino-alcohol motifs (C(OH)–C–C–N with tert-alkyl or cyclic N) is 1. The quantitative estimate of drug-likeness (QED) is 0.644. The number of benzene rings is 1. The van der Waals surface area contributed by atoms with Crippen molar-refractivity contribution in [2.24, 2.45) is 5.41 Å². The summed E-state index contributed by atoms with van der Waals surface area (Å²) in [5.41, 5.74) is 0.845. The number of piperazine rings is 1. The minimum Gasteiger partial charge on any atom is -0.493 e. The normalized spacial score (nSPS) is 25.4. The summed E-state index contributed by atoms with van der Waals surface area (Å²) in [5.74, 6) is 1.20. The Morgan fingerprint density at radius 1 is 1.03 bits per heavy atom. The fourth-order valence-electron chi connectivity index (χ4n) is 5.52. The van der Waals surface area contributed by atoms with E-state index in [0.717, 1.165) is 84.0 Å². The summed E-state index contributed by atoms with van der Waals surface area (Å²) in [6, 6.07) is 8.35. The number of piperidine rings is 2. The van der Waals surface area contributed by atoms with E-state index in [1.54, 1.807) is 4.90 Å². The summed E-state index contributed by atoms with van der Waals surface area (Å²) in [6.07, 6.45) is 2.89. The van der Waals surface area contributed by atoms with E-state index in [4.69, 9.17) is 4.74 Å². The summed E-state index contributed by atoms with van der Waals surface area (Å²) in [4.78, 5) is 21.9. The van der Waals surface area contributed by atoms with Gasteiger partial charge in [-0.2, -0.15) is 0 Å². The van der Waals surface area contributed by atoms with E-state index in [9.17, 15) is 9.90 Å². The Hall–Kier alpha value is -1.67. The van der Waals surface area contributed by atoms with Gasteiger partial charge in [-0.15, -0.1) is 0 Å². The largest absolute Gasteiger partial charge is 0.493 e. The van der Waals surface area contributed by atoms with Gasteiger partial charge in [0.2, 0.25) is 5.91 Å². The number of para-hydroxylation sites is 1. The number of amides is 1. The summed E-state index contributed by atoms with van der Waals surface area (Å²) < 4.78 is 6.19. The Labute approximate surface area is 192 Å². The zero-order chi connectivity index (χ0) is 22.6. The topological polar surface area (TPSA) is 59.5 Å². The number of carbonyl (C=O) groups excluding carboxylic acids is 1. The molecule has 3 aliphatic rings. The summed E-state index contributed by atoms with van der Waals surface area (Å²) in [7, 11) is 4.00. The third kappa shape index (κ3) is 5.63. The first kappa shape index (κ1) is 23.5. The average molecular weight is 445 g/mol. The van der Waals surface area contributed by atoms with Crippen molar-refractivity contribution in [1.29, 1.82) is 0 Å². The summed E-state index contributed by atoms with van der Waals surface area (Å²) in [5, 5.41) is 10.2. The molecule has 0 bridgehead atoms. The molecule has 7 nitrogen and oxygen atoms in total. The molecule has 1 spiro atoms. The van der Waals surface area contributed by atoms with Crippen molar-refractivity contribution < 1.29 is 14.6 Å². The molecule has 1 aromatic carbocycles. The van der Waals surface area contributed by atoms with Crippen LogP contribution in [0.3, 0.4) is 0 Å². The van der Waals surface area contributed by atoms with Gasteiger partial charge in [-0.1, -0.05) is 18.2 Å². The lowest BCUT2D eigenvalue weighted by molar-refractivity contribution is -0.154. The predicted octanol–water partition coefficient (Wildman–Crippen LogP) is 1.51. The third-order valence-electron chi connectivity index (χ3n) is 7.56. The van der Waals surface area contributed by atoms with Gasteiger partial charge in [0.05, 0.1) is 18.1 Å².